The van der Waals surface area contributed by atoms with Crippen molar-refractivity contribution in [2.24, 2.45) is 10.2 Å². The van der Waals surface area contributed by atoms with Crippen LogP contribution in [0.25, 0.3) is 10.9 Å². The number of aliphatic hydroxyl groups is 1. The number of aromatic amines is 1. The molecular weight excluding hydrogens is 328 g/mol. The van der Waals surface area contributed by atoms with Crippen molar-refractivity contribution >= 4 is 32.1 Å². The van der Waals surface area contributed by atoms with Gasteiger partial charge in [0.2, 0.25) is 5.88 Å². The fourth-order valence-corrected chi connectivity index (χ4v) is 4.11. The number of azo groups is 1. The first-order valence-corrected chi connectivity index (χ1v) is 8.37. The van der Waals surface area contributed by atoms with Gasteiger partial charge in [-0.05, 0) is 6.07 Å². The van der Waals surface area contributed by atoms with Crippen molar-refractivity contribution < 1.29 is 23.6 Å². The number of fused-ring (bicyclic) bond motifs is 1. The normalized spacial score (nSPS) is 23.7. The minimum Gasteiger partial charge on any atom is -0.493 e. The number of nitro groups is 1. The maximum atomic E-state index is 11.4. The van der Waals surface area contributed by atoms with Crippen LogP contribution in [0.4, 0.5) is 11.4 Å². The second kappa shape index (κ2) is 5.28. The molecule has 10 nitrogen and oxygen atoms in total. The van der Waals surface area contributed by atoms with Gasteiger partial charge in [0.1, 0.15) is 6.04 Å². The Morgan fingerprint density at radius 2 is 2.09 bits per heavy atom. The summed E-state index contributed by atoms with van der Waals surface area (Å²) in [5.41, 5.74) is 0.193. The lowest BCUT2D eigenvalue weighted by molar-refractivity contribution is -0.384. The van der Waals surface area contributed by atoms with Crippen LogP contribution in [0.3, 0.4) is 0 Å². The first-order chi connectivity index (χ1) is 10.8. The SMILES string of the molecule is O=[N+]([O-])c1ccc2[nH]c(O)c(N=NC3CS(=O)(=O)CC3O)c2c1. The van der Waals surface area contributed by atoms with Crippen molar-refractivity contribution in [3.05, 3.63) is 28.3 Å². The van der Waals surface area contributed by atoms with Crippen LogP contribution in [-0.2, 0) is 9.84 Å². The molecule has 1 aromatic heterocycles. The van der Waals surface area contributed by atoms with Crippen LogP contribution in [0, 0.1) is 10.1 Å². The van der Waals surface area contributed by atoms with E-state index < -0.39 is 26.9 Å². The van der Waals surface area contributed by atoms with E-state index in [9.17, 15) is 28.7 Å². The number of aromatic nitrogens is 1. The first-order valence-electron chi connectivity index (χ1n) is 6.55. The third-order valence-electron chi connectivity index (χ3n) is 3.55. The molecule has 0 spiro atoms. The zero-order valence-electron chi connectivity index (χ0n) is 11.6. The second-order valence-electron chi connectivity index (χ2n) is 5.24. The number of sulfone groups is 1. The van der Waals surface area contributed by atoms with Gasteiger partial charge in [-0.25, -0.2) is 8.42 Å². The molecule has 23 heavy (non-hydrogen) atoms. The molecule has 2 aromatic rings. The van der Waals surface area contributed by atoms with Crippen LogP contribution < -0.4 is 0 Å². The molecule has 0 aliphatic carbocycles. The predicted octanol–water partition coefficient (Wildman–Crippen LogP) is 1.02. The van der Waals surface area contributed by atoms with E-state index in [1.54, 1.807) is 0 Å². The number of nitro benzene ring substituents is 1. The van der Waals surface area contributed by atoms with Gasteiger partial charge in [-0.15, -0.1) is 5.11 Å². The molecule has 0 bridgehead atoms. The van der Waals surface area contributed by atoms with Gasteiger partial charge in [-0.1, -0.05) is 0 Å². The molecule has 0 amide bonds. The Morgan fingerprint density at radius 3 is 2.70 bits per heavy atom. The Labute approximate surface area is 129 Å². The highest BCUT2D eigenvalue weighted by atomic mass is 32.2. The van der Waals surface area contributed by atoms with E-state index in [0.717, 1.165) is 0 Å². The van der Waals surface area contributed by atoms with Crippen LogP contribution in [0.2, 0.25) is 0 Å². The number of aliphatic hydroxyl groups excluding tert-OH is 1. The van der Waals surface area contributed by atoms with Crippen molar-refractivity contribution in [3.8, 4) is 5.88 Å². The molecule has 2 atom stereocenters. The minimum absolute atomic E-state index is 0.0415. The van der Waals surface area contributed by atoms with Crippen molar-refractivity contribution in [3.63, 3.8) is 0 Å². The highest BCUT2D eigenvalue weighted by Crippen LogP contribution is 2.37. The number of nitrogens with one attached hydrogen (secondary N) is 1. The lowest BCUT2D eigenvalue weighted by Crippen LogP contribution is -2.20. The van der Waals surface area contributed by atoms with Crippen molar-refractivity contribution in [1.82, 2.24) is 4.98 Å². The smallest absolute Gasteiger partial charge is 0.270 e. The highest BCUT2D eigenvalue weighted by molar-refractivity contribution is 7.91. The number of hydrogen-bond acceptors (Lipinski definition) is 8. The standard InChI is InChI=1S/C12H12N4O6S/c17-10-5-23(21,22)4-9(10)14-15-11-7-3-6(16(19)20)1-2-8(7)13-12(11)18/h1-3,9-10,13,17-18H,4-5H2. The molecule has 0 radical (unpaired) electrons. The van der Waals surface area contributed by atoms with Crippen LogP contribution in [-0.4, -0.2) is 52.2 Å². The van der Waals surface area contributed by atoms with Gasteiger partial charge in [-0.3, -0.25) is 10.1 Å². The number of H-pyrrole nitrogens is 1. The van der Waals surface area contributed by atoms with Gasteiger partial charge in [-0.2, -0.15) is 5.11 Å². The molecule has 1 fully saturated rings. The van der Waals surface area contributed by atoms with E-state index in [-0.39, 0.29) is 34.1 Å². The Morgan fingerprint density at radius 1 is 1.35 bits per heavy atom. The molecule has 1 aliphatic heterocycles. The topological polar surface area (TPSA) is 158 Å². The molecule has 2 heterocycles. The molecule has 1 saturated heterocycles. The van der Waals surface area contributed by atoms with E-state index in [0.29, 0.717) is 5.52 Å². The summed E-state index contributed by atoms with van der Waals surface area (Å²) in [7, 11) is -3.37. The van der Waals surface area contributed by atoms with Crippen LogP contribution in [0.5, 0.6) is 5.88 Å². The number of hydrogen-bond donors (Lipinski definition) is 3. The number of aromatic hydroxyl groups is 1. The van der Waals surface area contributed by atoms with E-state index in [4.69, 9.17) is 0 Å². The molecule has 2 unspecified atom stereocenters. The van der Waals surface area contributed by atoms with Gasteiger partial charge in [0.05, 0.1) is 28.0 Å². The maximum Gasteiger partial charge on any atom is 0.270 e. The van der Waals surface area contributed by atoms with Gasteiger partial charge >= 0.3 is 0 Å². The van der Waals surface area contributed by atoms with Crippen molar-refractivity contribution in [1.29, 1.82) is 0 Å². The number of nitrogens with zero attached hydrogens (tertiary/aromatic N) is 3. The lowest BCUT2D eigenvalue weighted by Gasteiger charge is -2.04. The quantitative estimate of drug-likeness (QED) is 0.430. The molecule has 3 N–H and O–H groups in total. The summed E-state index contributed by atoms with van der Waals surface area (Å²) in [4.78, 5) is 12.8. The third kappa shape index (κ3) is 2.87. The fourth-order valence-electron chi connectivity index (χ4n) is 2.42. The van der Waals surface area contributed by atoms with E-state index in [2.05, 4.69) is 15.2 Å². The average Bonchev–Trinajstić information content (AvgIpc) is 2.90. The van der Waals surface area contributed by atoms with Gasteiger partial charge in [0, 0.05) is 17.5 Å². The minimum atomic E-state index is -3.37. The fraction of sp³-hybridized carbons (Fsp3) is 0.333. The molecule has 1 aliphatic rings. The average molecular weight is 340 g/mol. The van der Waals surface area contributed by atoms with Crippen LogP contribution in [0.1, 0.15) is 0 Å². The molecule has 3 rings (SSSR count). The molecular formula is C12H12N4O6S. The Balaban J connectivity index is 1.99. The van der Waals surface area contributed by atoms with Crippen LogP contribution >= 0.6 is 0 Å². The summed E-state index contributed by atoms with van der Waals surface area (Å²) in [6, 6.07) is 2.98. The summed E-state index contributed by atoms with van der Waals surface area (Å²) >= 11 is 0. The molecule has 11 heteroatoms. The van der Waals surface area contributed by atoms with Crippen molar-refractivity contribution in [2.45, 2.75) is 12.1 Å². The third-order valence-corrected chi connectivity index (χ3v) is 5.24. The number of rotatable bonds is 3. The monoisotopic (exact) mass is 340 g/mol. The number of non-ortho nitro benzene ring substituents is 1. The summed E-state index contributed by atoms with van der Waals surface area (Å²) in [6.45, 7) is 0. The van der Waals surface area contributed by atoms with E-state index in [1.807, 2.05) is 0 Å². The highest BCUT2D eigenvalue weighted by Gasteiger charge is 2.36. The van der Waals surface area contributed by atoms with E-state index in [1.165, 1.54) is 18.2 Å². The zero-order chi connectivity index (χ0) is 16.8. The Hall–Kier alpha value is -2.53. The van der Waals surface area contributed by atoms with Gasteiger partial charge in [0.15, 0.2) is 15.5 Å². The van der Waals surface area contributed by atoms with Crippen LogP contribution in [0.15, 0.2) is 28.4 Å². The number of benzene rings is 1. The predicted molar refractivity (Wildman–Crippen MR) is 79.6 cm³/mol. The summed E-state index contributed by atoms with van der Waals surface area (Å²) in [5.74, 6) is -1.07. The summed E-state index contributed by atoms with van der Waals surface area (Å²) in [6.07, 6.45) is -1.16. The Kier molecular flexibility index (Phi) is 3.53. The maximum absolute atomic E-state index is 11.4. The zero-order valence-corrected chi connectivity index (χ0v) is 12.4. The second-order valence-corrected chi connectivity index (χ2v) is 7.39. The van der Waals surface area contributed by atoms with Gasteiger partial charge in [0.25, 0.3) is 5.69 Å². The molecule has 1 aromatic carbocycles. The Bertz CT molecular complexity index is 919. The summed E-state index contributed by atoms with van der Waals surface area (Å²) in [5, 5.41) is 38.2. The summed E-state index contributed by atoms with van der Waals surface area (Å²) < 4.78 is 22.8. The van der Waals surface area contributed by atoms with E-state index >= 15 is 0 Å². The van der Waals surface area contributed by atoms with Gasteiger partial charge < -0.3 is 15.2 Å². The van der Waals surface area contributed by atoms with Crippen molar-refractivity contribution in [2.75, 3.05) is 11.5 Å². The first kappa shape index (κ1) is 15.4. The molecule has 122 valence electrons. The molecule has 0 saturated carbocycles. The largest absolute Gasteiger partial charge is 0.493 e. The lowest BCUT2D eigenvalue weighted by atomic mass is 10.2.